The lowest BCUT2D eigenvalue weighted by Crippen LogP contribution is -2.43. The number of nitrogens with two attached hydrogens (primary N) is 1. The molecule has 1 heterocycles. The third-order valence-corrected chi connectivity index (χ3v) is 3.02. The van der Waals surface area contributed by atoms with Crippen molar-refractivity contribution < 1.29 is 4.79 Å². The first-order valence-electron chi connectivity index (χ1n) is 6.17. The summed E-state index contributed by atoms with van der Waals surface area (Å²) in [6.45, 7) is 5.81. The Hall–Kier alpha value is -2.01. The number of carbonyl (C=O) groups is 1. The number of benzene rings is 1. The second-order valence-electron chi connectivity index (χ2n) is 5.57. The van der Waals surface area contributed by atoms with Crippen LogP contribution in [-0.4, -0.2) is 26.8 Å². The number of hydrogen-bond acceptors (Lipinski definition) is 4. The van der Waals surface area contributed by atoms with Crippen LogP contribution in [0.1, 0.15) is 31.3 Å². The van der Waals surface area contributed by atoms with E-state index in [9.17, 15) is 4.79 Å². The van der Waals surface area contributed by atoms with Crippen molar-refractivity contribution in [3.63, 3.8) is 0 Å². The minimum atomic E-state index is -0.589. The fraction of sp³-hybridized carbons (Fsp3) is 0.357. The third-order valence-electron chi connectivity index (χ3n) is 3.02. The topological polar surface area (TPSA) is 73.8 Å². The quantitative estimate of drug-likeness (QED) is 0.852. The minimum absolute atomic E-state index is 0.152. The highest BCUT2D eigenvalue weighted by Gasteiger charge is 2.30. The number of para-hydroxylation sites is 1. The first kappa shape index (κ1) is 13.4. The largest absolute Gasteiger partial charge is 0.321 e. The smallest absolute Gasteiger partial charge is 0.200 e. The molecule has 0 fully saturated rings. The first-order valence-corrected chi connectivity index (χ1v) is 6.17. The van der Waals surface area contributed by atoms with Gasteiger partial charge in [0.1, 0.15) is 5.69 Å². The van der Waals surface area contributed by atoms with Crippen molar-refractivity contribution in [2.24, 2.45) is 11.1 Å². The van der Waals surface area contributed by atoms with Gasteiger partial charge in [-0.25, -0.2) is 4.68 Å². The zero-order chi connectivity index (χ0) is 14.0. The summed E-state index contributed by atoms with van der Waals surface area (Å²) in [5, 5.41) is 7.78. The van der Waals surface area contributed by atoms with Crippen LogP contribution in [0.4, 0.5) is 0 Å². The lowest BCUT2D eigenvalue weighted by molar-refractivity contribution is 0.0893. The summed E-state index contributed by atoms with van der Waals surface area (Å²) in [7, 11) is 0. The summed E-state index contributed by atoms with van der Waals surface area (Å²) in [4.78, 5) is 12.4. The van der Waals surface area contributed by atoms with Crippen LogP contribution in [0.15, 0.2) is 36.5 Å². The van der Waals surface area contributed by atoms with E-state index in [1.54, 1.807) is 0 Å². The van der Waals surface area contributed by atoms with Crippen molar-refractivity contribution in [1.29, 1.82) is 0 Å². The number of nitrogens with zero attached hydrogens (tertiary/aromatic N) is 3. The molecule has 100 valence electrons. The Labute approximate surface area is 112 Å². The van der Waals surface area contributed by atoms with Crippen molar-refractivity contribution in [1.82, 2.24) is 15.0 Å². The molecule has 0 spiro atoms. The Bertz CT molecular complexity index is 569. The zero-order valence-electron chi connectivity index (χ0n) is 11.4. The summed E-state index contributed by atoms with van der Waals surface area (Å²) in [6, 6.07) is 8.82. The average Bonchev–Trinajstić information content (AvgIpc) is 2.86. The number of aromatic nitrogens is 3. The van der Waals surface area contributed by atoms with E-state index in [0.29, 0.717) is 5.69 Å². The lowest BCUT2D eigenvalue weighted by atomic mass is 9.84. The minimum Gasteiger partial charge on any atom is -0.321 e. The summed E-state index contributed by atoms with van der Waals surface area (Å²) >= 11 is 0. The van der Waals surface area contributed by atoms with Gasteiger partial charge in [-0.3, -0.25) is 4.79 Å². The molecule has 0 saturated heterocycles. The highest BCUT2D eigenvalue weighted by atomic mass is 16.1. The molecular formula is C14H18N4O. The van der Waals surface area contributed by atoms with E-state index < -0.39 is 6.04 Å². The number of ketones is 1. The molecule has 1 unspecified atom stereocenters. The number of hydrogen-bond donors (Lipinski definition) is 1. The zero-order valence-corrected chi connectivity index (χ0v) is 11.4. The predicted octanol–water partition coefficient (Wildman–Crippen LogP) is 1.82. The molecule has 1 aromatic carbocycles. The molecule has 1 aromatic heterocycles. The molecule has 5 nitrogen and oxygen atoms in total. The highest BCUT2D eigenvalue weighted by Crippen LogP contribution is 2.21. The van der Waals surface area contributed by atoms with Crippen molar-refractivity contribution in [3.8, 4) is 5.69 Å². The molecule has 0 saturated carbocycles. The highest BCUT2D eigenvalue weighted by molar-refractivity contribution is 5.99. The van der Waals surface area contributed by atoms with Crippen molar-refractivity contribution in [3.05, 3.63) is 42.2 Å². The molecule has 0 aliphatic carbocycles. The molecule has 2 N–H and O–H groups in total. The van der Waals surface area contributed by atoms with Gasteiger partial charge in [-0.1, -0.05) is 44.2 Å². The van der Waals surface area contributed by atoms with Gasteiger partial charge in [-0.2, -0.15) is 0 Å². The van der Waals surface area contributed by atoms with Gasteiger partial charge >= 0.3 is 0 Å². The van der Waals surface area contributed by atoms with Crippen LogP contribution in [0.3, 0.4) is 0 Å². The molecule has 2 aromatic rings. The van der Waals surface area contributed by atoms with E-state index in [2.05, 4.69) is 10.3 Å². The predicted molar refractivity (Wildman–Crippen MR) is 73.1 cm³/mol. The Morgan fingerprint density at radius 1 is 1.26 bits per heavy atom. The lowest BCUT2D eigenvalue weighted by Gasteiger charge is -2.25. The van der Waals surface area contributed by atoms with E-state index >= 15 is 0 Å². The van der Waals surface area contributed by atoms with Gasteiger partial charge < -0.3 is 5.73 Å². The van der Waals surface area contributed by atoms with Crippen molar-refractivity contribution >= 4 is 5.78 Å². The molecule has 0 bridgehead atoms. The first-order chi connectivity index (χ1) is 8.91. The van der Waals surface area contributed by atoms with Crippen LogP contribution < -0.4 is 5.73 Å². The van der Waals surface area contributed by atoms with Crippen LogP contribution in [0.5, 0.6) is 0 Å². The van der Waals surface area contributed by atoms with Gasteiger partial charge in [-0.15, -0.1) is 5.10 Å². The maximum absolute atomic E-state index is 12.4. The van der Waals surface area contributed by atoms with Gasteiger partial charge in [-0.05, 0) is 17.5 Å². The fourth-order valence-electron chi connectivity index (χ4n) is 1.72. The van der Waals surface area contributed by atoms with Crippen LogP contribution in [0.25, 0.3) is 5.69 Å². The van der Waals surface area contributed by atoms with Crippen molar-refractivity contribution in [2.75, 3.05) is 0 Å². The molecule has 2 rings (SSSR count). The van der Waals surface area contributed by atoms with Crippen LogP contribution in [0, 0.1) is 5.41 Å². The summed E-state index contributed by atoms with van der Waals surface area (Å²) in [5.74, 6) is -0.152. The molecule has 0 amide bonds. The molecule has 1 atom stereocenters. The molecule has 19 heavy (non-hydrogen) atoms. The maximum atomic E-state index is 12.4. The SMILES string of the molecule is CC(C)(C)C(N)C(=O)c1cnnn1-c1ccccc1. The third kappa shape index (κ3) is 2.71. The average molecular weight is 258 g/mol. The fourth-order valence-corrected chi connectivity index (χ4v) is 1.72. The van der Waals surface area contributed by atoms with E-state index in [4.69, 9.17) is 5.73 Å². The van der Waals surface area contributed by atoms with Crippen LogP contribution >= 0.6 is 0 Å². The molecule has 0 aliphatic heterocycles. The molecular weight excluding hydrogens is 240 g/mol. The van der Waals surface area contributed by atoms with Gasteiger partial charge in [0.15, 0.2) is 5.78 Å². The normalized spacial score (nSPS) is 13.3. The molecule has 0 aliphatic rings. The number of carbonyl (C=O) groups excluding carboxylic acids is 1. The van der Waals surface area contributed by atoms with Crippen LogP contribution in [0.2, 0.25) is 0 Å². The maximum Gasteiger partial charge on any atom is 0.200 e. The van der Waals surface area contributed by atoms with E-state index in [1.807, 2.05) is 51.1 Å². The van der Waals surface area contributed by atoms with Crippen LogP contribution in [-0.2, 0) is 0 Å². The summed E-state index contributed by atoms with van der Waals surface area (Å²) < 4.78 is 1.52. The second kappa shape index (κ2) is 4.93. The number of rotatable bonds is 3. The Kier molecular flexibility index (Phi) is 3.48. The van der Waals surface area contributed by atoms with E-state index in [-0.39, 0.29) is 11.2 Å². The number of Topliss-reactive ketones (excluding diaryl/α,β-unsaturated/α-hetero) is 1. The summed E-state index contributed by atoms with van der Waals surface area (Å²) in [5.41, 5.74) is 6.92. The summed E-state index contributed by atoms with van der Waals surface area (Å²) in [6.07, 6.45) is 1.46. The van der Waals surface area contributed by atoms with Gasteiger partial charge in [0.05, 0.1) is 17.9 Å². The second-order valence-corrected chi connectivity index (χ2v) is 5.57. The standard InChI is InChI=1S/C14H18N4O/c1-14(2,3)13(15)12(19)11-9-16-17-18(11)10-7-5-4-6-8-10/h4-9,13H,15H2,1-3H3. The van der Waals surface area contributed by atoms with Gasteiger partial charge in [0, 0.05) is 0 Å². The monoisotopic (exact) mass is 258 g/mol. The Morgan fingerprint density at radius 2 is 1.89 bits per heavy atom. The van der Waals surface area contributed by atoms with E-state index in [1.165, 1.54) is 10.9 Å². The van der Waals surface area contributed by atoms with Gasteiger partial charge in [0.2, 0.25) is 0 Å². The van der Waals surface area contributed by atoms with Gasteiger partial charge in [0.25, 0.3) is 0 Å². The Balaban J connectivity index is 2.38. The molecule has 0 radical (unpaired) electrons. The van der Waals surface area contributed by atoms with E-state index in [0.717, 1.165) is 5.69 Å². The van der Waals surface area contributed by atoms with Crippen molar-refractivity contribution in [2.45, 2.75) is 26.8 Å². The Morgan fingerprint density at radius 3 is 2.47 bits per heavy atom. The molecule has 5 heteroatoms.